The van der Waals surface area contributed by atoms with E-state index in [2.05, 4.69) is 16.6 Å². The fourth-order valence-electron chi connectivity index (χ4n) is 1.90. The summed E-state index contributed by atoms with van der Waals surface area (Å²) in [5, 5.41) is 5.37. The van der Waals surface area contributed by atoms with Crippen LogP contribution in [0.15, 0.2) is 0 Å². The average molecular weight is 417 g/mol. The largest absolute Gasteiger partial charge is 0.444 e. The summed E-state index contributed by atoms with van der Waals surface area (Å²) < 4.78 is 26.2. The standard InChI is InChI=1S/C20H36N2O7/c1-5-10-25-12-14-27-16-17-28-15-13-26-11-9-21-18(23)7-6-8-22-19(24)29-20(2,3)4/h1H,6-17H2,2-4H3,(H,21,23)(H,22,24). The van der Waals surface area contributed by atoms with E-state index in [1.807, 2.05) is 0 Å². The molecule has 0 fully saturated rings. The molecule has 0 radical (unpaired) electrons. The Labute approximate surface area is 174 Å². The van der Waals surface area contributed by atoms with Gasteiger partial charge in [0.2, 0.25) is 5.91 Å². The van der Waals surface area contributed by atoms with Crippen LogP contribution >= 0.6 is 0 Å². The van der Waals surface area contributed by atoms with E-state index in [1.165, 1.54) is 0 Å². The molecule has 0 aliphatic carbocycles. The van der Waals surface area contributed by atoms with Crippen LogP contribution in [0.2, 0.25) is 0 Å². The van der Waals surface area contributed by atoms with Crippen LogP contribution in [0.25, 0.3) is 0 Å². The second kappa shape index (κ2) is 18.2. The lowest BCUT2D eigenvalue weighted by Crippen LogP contribution is -2.33. The number of carbonyl (C=O) groups is 2. The molecule has 0 rings (SSSR count). The highest BCUT2D eigenvalue weighted by Gasteiger charge is 2.15. The molecule has 0 saturated heterocycles. The third-order valence-corrected chi connectivity index (χ3v) is 3.12. The molecule has 0 aliphatic rings. The van der Waals surface area contributed by atoms with Gasteiger partial charge in [0.15, 0.2) is 0 Å². The fraction of sp³-hybridized carbons (Fsp3) is 0.800. The van der Waals surface area contributed by atoms with Gasteiger partial charge in [0, 0.05) is 19.5 Å². The quantitative estimate of drug-likeness (QED) is 0.270. The van der Waals surface area contributed by atoms with Gasteiger partial charge in [-0.15, -0.1) is 6.42 Å². The molecule has 0 unspecified atom stereocenters. The van der Waals surface area contributed by atoms with Gasteiger partial charge in [-0.2, -0.15) is 0 Å². The first-order valence-corrected chi connectivity index (χ1v) is 9.83. The minimum atomic E-state index is -0.530. The van der Waals surface area contributed by atoms with E-state index in [9.17, 15) is 9.59 Å². The van der Waals surface area contributed by atoms with Crippen molar-refractivity contribution in [3.8, 4) is 12.3 Å². The lowest BCUT2D eigenvalue weighted by atomic mass is 10.2. The Bertz CT molecular complexity index is 472. The van der Waals surface area contributed by atoms with E-state index in [4.69, 9.17) is 30.1 Å². The first-order chi connectivity index (χ1) is 13.8. The van der Waals surface area contributed by atoms with Crippen molar-refractivity contribution in [1.82, 2.24) is 10.6 Å². The summed E-state index contributed by atoms with van der Waals surface area (Å²) in [6.07, 6.45) is 5.43. The van der Waals surface area contributed by atoms with E-state index >= 15 is 0 Å². The molecule has 168 valence electrons. The highest BCUT2D eigenvalue weighted by molar-refractivity contribution is 5.75. The van der Waals surface area contributed by atoms with Crippen LogP contribution in [0, 0.1) is 12.3 Å². The Morgan fingerprint density at radius 1 is 0.828 bits per heavy atom. The zero-order valence-corrected chi connectivity index (χ0v) is 17.9. The van der Waals surface area contributed by atoms with Crippen LogP contribution in [-0.4, -0.2) is 83.5 Å². The Morgan fingerprint density at radius 3 is 1.93 bits per heavy atom. The second-order valence-electron chi connectivity index (χ2n) is 6.98. The first kappa shape index (κ1) is 27.1. The van der Waals surface area contributed by atoms with Crippen molar-refractivity contribution >= 4 is 12.0 Å². The van der Waals surface area contributed by atoms with Gasteiger partial charge < -0.3 is 34.3 Å². The maximum atomic E-state index is 11.7. The highest BCUT2D eigenvalue weighted by atomic mass is 16.6. The fourth-order valence-corrected chi connectivity index (χ4v) is 1.90. The number of terminal acetylenes is 1. The van der Waals surface area contributed by atoms with Crippen molar-refractivity contribution in [3.05, 3.63) is 0 Å². The summed E-state index contributed by atoms with van der Waals surface area (Å²) in [6, 6.07) is 0. The third kappa shape index (κ3) is 22.3. The maximum Gasteiger partial charge on any atom is 0.407 e. The molecule has 0 aromatic heterocycles. The number of ether oxygens (including phenoxy) is 5. The van der Waals surface area contributed by atoms with E-state index in [0.717, 1.165) is 0 Å². The molecule has 0 heterocycles. The smallest absolute Gasteiger partial charge is 0.407 e. The Hall–Kier alpha value is -1.86. The molecular formula is C20H36N2O7. The van der Waals surface area contributed by atoms with Gasteiger partial charge in [0.05, 0.1) is 46.2 Å². The number of carbonyl (C=O) groups excluding carboxylic acids is 2. The van der Waals surface area contributed by atoms with Gasteiger partial charge in [-0.05, 0) is 27.2 Å². The van der Waals surface area contributed by atoms with Crippen molar-refractivity contribution in [2.75, 3.05) is 65.9 Å². The highest BCUT2D eigenvalue weighted by Crippen LogP contribution is 2.06. The maximum absolute atomic E-state index is 11.7. The van der Waals surface area contributed by atoms with Gasteiger partial charge in [-0.1, -0.05) is 5.92 Å². The summed E-state index contributed by atoms with van der Waals surface area (Å²) in [5.41, 5.74) is -0.530. The Balaban J connectivity index is 3.30. The summed E-state index contributed by atoms with van der Waals surface area (Å²) in [4.78, 5) is 23.1. The number of hydrogen-bond donors (Lipinski definition) is 2. The van der Waals surface area contributed by atoms with Crippen molar-refractivity contribution < 1.29 is 33.3 Å². The van der Waals surface area contributed by atoms with Crippen LogP contribution in [0.1, 0.15) is 33.6 Å². The minimum absolute atomic E-state index is 0.0841. The Kier molecular flexibility index (Phi) is 17.0. The number of rotatable bonds is 17. The average Bonchev–Trinajstić information content (AvgIpc) is 2.64. The van der Waals surface area contributed by atoms with Crippen molar-refractivity contribution in [1.29, 1.82) is 0 Å². The van der Waals surface area contributed by atoms with Crippen molar-refractivity contribution in [2.45, 2.75) is 39.2 Å². The topological polar surface area (TPSA) is 104 Å². The van der Waals surface area contributed by atoms with E-state index < -0.39 is 11.7 Å². The lowest BCUT2D eigenvalue weighted by molar-refractivity contribution is -0.121. The predicted octanol–water partition coefficient (Wildman–Crippen LogP) is 1.11. The molecule has 2 N–H and O–H groups in total. The van der Waals surface area contributed by atoms with E-state index in [-0.39, 0.29) is 5.91 Å². The molecule has 0 atom stereocenters. The normalized spacial score (nSPS) is 11.0. The van der Waals surface area contributed by atoms with Crippen LogP contribution < -0.4 is 10.6 Å². The number of alkyl carbamates (subject to hydrolysis) is 1. The molecule has 0 bridgehead atoms. The molecular weight excluding hydrogens is 380 g/mol. The number of nitrogens with one attached hydrogen (secondary N) is 2. The van der Waals surface area contributed by atoms with Crippen LogP contribution in [0.4, 0.5) is 4.79 Å². The van der Waals surface area contributed by atoms with Gasteiger partial charge in [-0.3, -0.25) is 4.79 Å². The van der Waals surface area contributed by atoms with Gasteiger partial charge in [-0.25, -0.2) is 4.79 Å². The summed E-state index contributed by atoms with van der Waals surface area (Å²) in [7, 11) is 0. The van der Waals surface area contributed by atoms with Crippen molar-refractivity contribution in [3.63, 3.8) is 0 Å². The van der Waals surface area contributed by atoms with E-state index in [1.54, 1.807) is 20.8 Å². The molecule has 2 amide bonds. The molecule has 0 aromatic carbocycles. The van der Waals surface area contributed by atoms with Crippen LogP contribution in [0.5, 0.6) is 0 Å². The SMILES string of the molecule is C#CCOCCOCCOCCOCCNC(=O)CCCNC(=O)OC(C)(C)C. The van der Waals surface area contributed by atoms with Crippen LogP contribution in [-0.2, 0) is 28.5 Å². The van der Waals surface area contributed by atoms with E-state index in [0.29, 0.717) is 78.8 Å². The summed E-state index contributed by atoms with van der Waals surface area (Å²) in [6.45, 7) is 9.73. The Morgan fingerprint density at radius 2 is 1.38 bits per heavy atom. The zero-order chi connectivity index (χ0) is 21.8. The molecule has 0 aliphatic heterocycles. The molecule has 29 heavy (non-hydrogen) atoms. The van der Waals surface area contributed by atoms with Crippen molar-refractivity contribution in [2.24, 2.45) is 0 Å². The minimum Gasteiger partial charge on any atom is -0.444 e. The van der Waals surface area contributed by atoms with Gasteiger partial charge >= 0.3 is 6.09 Å². The number of hydrogen-bond acceptors (Lipinski definition) is 7. The predicted molar refractivity (Wildman–Crippen MR) is 109 cm³/mol. The molecule has 0 aromatic rings. The summed E-state index contributed by atoms with van der Waals surface area (Å²) in [5.74, 6) is 2.29. The third-order valence-electron chi connectivity index (χ3n) is 3.12. The zero-order valence-electron chi connectivity index (χ0n) is 17.9. The summed E-state index contributed by atoms with van der Waals surface area (Å²) >= 11 is 0. The van der Waals surface area contributed by atoms with Gasteiger partial charge in [0.25, 0.3) is 0 Å². The van der Waals surface area contributed by atoms with Crippen LogP contribution in [0.3, 0.4) is 0 Å². The number of amides is 2. The molecule has 0 saturated carbocycles. The monoisotopic (exact) mass is 416 g/mol. The first-order valence-electron chi connectivity index (χ1n) is 9.83. The molecule has 9 nitrogen and oxygen atoms in total. The molecule has 0 spiro atoms. The van der Waals surface area contributed by atoms with Gasteiger partial charge in [0.1, 0.15) is 12.2 Å². The second-order valence-corrected chi connectivity index (χ2v) is 6.98. The molecule has 9 heteroatoms. The lowest BCUT2D eigenvalue weighted by Gasteiger charge is -2.19.